The molecule has 1 fully saturated rings. The van der Waals surface area contributed by atoms with Gasteiger partial charge in [0, 0.05) is 33.3 Å². The number of fused-ring (bicyclic) bond motifs is 6. The van der Waals surface area contributed by atoms with Gasteiger partial charge < -0.3 is 8.83 Å². The summed E-state index contributed by atoms with van der Waals surface area (Å²) in [4.78, 5) is 22.6. The van der Waals surface area contributed by atoms with Gasteiger partial charge in [-0.05, 0) is 69.0 Å². The molecule has 2 aromatic heterocycles. The van der Waals surface area contributed by atoms with Crippen molar-refractivity contribution in [2.45, 2.75) is 27.7 Å². The number of urea groups is 1. The quantitative estimate of drug-likeness (QED) is 0.173. The zero-order chi connectivity index (χ0) is 41.4. The van der Waals surface area contributed by atoms with Gasteiger partial charge in [-0.2, -0.15) is 0 Å². The molecule has 0 atom stereocenters. The summed E-state index contributed by atoms with van der Waals surface area (Å²) in [5, 5.41) is 6.21. The van der Waals surface area contributed by atoms with Gasteiger partial charge in [-0.25, -0.2) is 14.6 Å². The van der Waals surface area contributed by atoms with Crippen molar-refractivity contribution < 1.29 is 13.6 Å². The van der Waals surface area contributed by atoms with Gasteiger partial charge >= 0.3 is 6.03 Å². The van der Waals surface area contributed by atoms with E-state index in [0.717, 1.165) is 72.1 Å². The summed E-state index contributed by atoms with van der Waals surface area (Å²) in [6.07, 6.45) is 0. The molecule has 288 valence electrons. The Morgan fingerprint density at radius 1 is 0.475 bits per heavy atom. The van der Waals surface area contributed by atoms with E-state index in [1.165, 1.54) is 44.1 Å². The standard InChI is InChI=1S/C51H39B4N3O3/c1-28-13-9-14-29(2)43(28)54-37-20-12-21-38-45(37)58-49(47(54)52)56(32-25-26-35-33-17-5-7-23-40(33)60-42(35)27-32)51(59)57(50(58)48(53)55(38)44-30(3)15-10-16-31(44)4)39-22-11-19-36-34-18-6-8-24-41(34)61-46(36)39/h5-27H,52-53H2,1-4H3. The van der Waals surface area contributed by atoms with Gasteiger partial charge in [0.25, 0.3) is 0 Å². The lowest BCUT2D eigenvalue weighted by Gasteiger charge is -2.54. The summed E-state index contributed by atoms with van der Waals surface area (Å²) in [6.45, 7) is 8.62. The molecule has 9 aromatic rings. The van der Waals surface area contributed by atoms with Crippen molar-refractivity contribution in [3.05, 3.63) is 184 Å². The first-order valence-corrected chi connectivity index (χ1v) is 21.1. The maximum absolute atomic E-state index is 16.4. The average molecular weight is 785 g/mol. The van der Waals surface area contributed by atoms with E-state index in [-0.39, 0.29) is 19.5 Å². The lowest BCUT2D eigenvalue weighted by atomic mass is 9.26. The van der Waals surface area contributed by atoms with Crippen LogP contribution in [0.4, 0.5) is 21.9 Å². The van der Waals surface area contributed by atoms with Crippen LogP contribution in [0.25, 0.3) is 43.9 Å². The Morgan fingerprint density at radius 2 is 0.967 bits per heavy atom. The fraction of sp³-hybridized carbons (Fsp3) is 0.0784. The zero-order valence-electron chi connectivity index (χ0n) is 35.0. The molecular weight excluding hydrogens is 746 g/mol. The second-order valence-electron chi connectivity index (χ2n) is 17.1. The third kappa shape index (κ3) is 4.87. The Labute approximate surface area is 356 Å². The molecule has 10 heteroatoms. The van der Waals surface area contributed by atoms with Gasteiger partial charge in [-0.15, -0.1) is 0 Å². The van der Waals surface area contributed by atoms with E-state index in [2.05, 4.69) is 133 Å². The van der Waals surface area contributed by atoms with Crippen LogP contribution in [0, 0.1) is 27.7 Å². The van der Waals surface area contributed by atoms with E-state index < -0.39 is 0 Å². The number of hydrogen-bond acceptors (Lipinski definition) is 4. The lowest BCUT2D eigenvalue weighted by Crippen LogP contribution is -2.68. The highest BCUT2D eigenvalue weighted by Crippen LogP contribution is 2.47. The maximum atomic E-state index is 16.4. The van der Waals surface area contributed by atoms with Crippen molar-refractivity contribution in [2.24, 2.45) is 0 Å². The van der Waals surface area contributed by atoms with Crippen LogP contribution < -0.4 is 36.6 Å². The number of aryl methyl sites for hydroxylation is 4. The van der Waals surface area contributed by atoms with Crippen molar-refractivity contribution in [3.63, 3.8) is 0 Å². The van der Waals surface area contributed by atoms with Crippen LogP contribution in [-0.4, -0.2) is 35.1 Å². The highest BCUT2D eigenvalue weighted by Gasteiger charge is 2.52. The van der Waals surface area contributed by atoms with Crippen molar-refractivity contribution in [3.8, 4) is 0 Å². The minimum absolute atomic E-state index is 0.115. The number of carbonyl (C=O) groups excluding carboxylic acids is 1. The Balaban J connectivity index is 1.22. The fourth-order valence-corrected chi connectivity index (χ4v) is 11.0. The van der Waals surface area contributed by atoms with Crippen molar-refractivity contribution in [1.82, 2.24) is 0 Å². The van der Waals surface area contributed by atoms with Crippen LogP contribution in [0.2, 0.25) is 0 Å². The molecule has 0 bridgehead atoms. The molecule has 0 saturated carbocycles. The molecule has 5 heterocycles. The van der Waals surface area contributed by atoms with Crippen LogP contribution in [0.5, 0.6) is 0 Å². The summed E-state index contributed by atoms with van der Waals surface area (Å²) in [6, 6.07) is 48.4. The largest absolute Gasteiger partial charge is 0.456 e. The molecule has 2 amide bonds. The molecule has 0 aliphatic carbocycles. The van der Waals surface area contributed by atoms with Gasteiger partial charge in [0.1, 0.15) is 44.1 Å². The third-order valence-corrected chi connectivity index (χ3v) is 13.7. The van der Waals surface area contributed by atoms with Gasteiger partial charge in [0.15, 0.2) is 5.58 Å². The number of anilines is 3. The SMILES string of the molecule is BC1=C2N(c3ccc4c(c3)oc3ccccc34)C(=O)N(c3cccc4c3oc3ccccc34)C3=C(B)B(c4c(C)cccc4C)c4cccc(c4N23)B1c1c(C)cccc1C. The van der Waals surface area contributed by atoms with Gasteiger partial charge in [0.05, 0.1) is 11.4 Å². The molecule has 0 spiro atoms. The second kappa shape index (κ2) is 13.0. The maximum Gasteiger partial charge on any atom is 0.340 e. The predicted molar refractivity (Wildman–Crippen MR) is 260 cm³/mol. The molecule has 0 N–H and O–H groups in total. The predicted octanol–water partition coefficient (Wildman–Crippen LogP) is 7.60. The first kappa shape index (κ1) is 35.9. The third-order valence-electron chi connectivity index (χ3n) is 13.7. The number of furan rings is 2. The summed E-state index contributed by atoms with van der Waals surface area (Å²) < 4.78 is 13.3. The highest BCUT2D eigenvalue weighted by molar-refractivity contribution is 7.02. The van der Waals surface area contributed by atoms with Gasteiger partial charge in [-0.3, -0.25) is 4.90 Å². The Kier molecular flexibility index (Phi) is 7.63. The van der Waals surface area contributed by atoms with E-state index in [1.807, 2.05) is 64.4 Å². The van der Waals surface area contributed by atoms with E-state index in [4.69, 9.17) is 8.83 Å². The molecule has 7 aromatic carbocycles. The van der Waals surface area contributed by atoms with E-state index >= 15 is 4.79 Å². The molecule has 0 unspecified atom stereocenters. The number of benzene rings is 7. The smallest absolute Gasteiger partial charge is 0.340 e. The minimum Gasteiger partial charge on any atom is -0.456 e. The normalized spacial score (nSPS) is 15.1. The summed E-state index contributed by atoms with van der Waals surface area (Å²) in [7, 11) is 4.45. The van der Waals surface area contributed by atoms with Crippen molar-refractivity contribution in [2.75, 3.05) is 14.7 Å². The van der Waals surface area contributed by atoms with E-state index in [0.29, 0.717) is 11.3 Å². The fourth-order valence-electron chi connectivity index (χ4n) is 11.0. The van der Waals surface area contributed by atoms with Crippen LogP contribution in [0.1, 0.15) is 22.3 Å². The van der Waals surface area contributed by atoms with Crippen LogP contribution >= 0.6 is 0 Å². The van der Waals surface area contributed by atoms with Crippen LogP contribution in [-0.2, 0) is 0 Å². The number of para-hydroxylation sites is 4. The molecule has 3 aliphatic heterocycles. The molecule has 12 rings (SSSR count). The second-order valence-corrected chi connectivity index (χ2v) is 17.1. The number of amides is 2. The average Bonchev–Trinajstić information content (AvgIpc) is 3.83. The molecule has 61 heavy (non-hydrogen) atoms. The van der Waals surface area contributed by atoms with E-state index in [9.17, 15) is 0 Å². The van der Waals surface area contributed by atoms with Gasteiger partial charge in [-0.1, -0.05) is 147 Å². The lowest BCUT2D eigenvalue weighted by molar-refractivity contribution is 0.252. The number of nitrogens with zero attached hydrogens (tertiary/aromatic N) is 3. The van der Waals surface area contributed by atoms with Crippen molar-refractivity contribution >= 4 is 118 Å². The van der Waals surface area contributed by atoms with E-state index in [1.54, 1.807) is 0 Å². The Bertz CT molecular complexity index is 3430. The summed E-state index contributed by atoms with van der Waals surface area (Å²) in [5.41, 5.74) is 15.4. The Morgan fingerprint density at radius 3 is 1.59 bits per heavy atom. The van der Waals surface area contributed by atoms with Crippen LogP contribution in [0.3, 0.4) is 0 Å². The molecule has 1 saturated heterocycles. The minimum atomic E-state index is -0.188. The topological polar surface area (TPSA) is 53.1 Å². The number of carbonyl (C=O) groups is 1. The molecule has 0 radical (unpaired) electrons. The molecular formula is C51H39B4N3O3. The highest BCUT2D eigenvalue weighted by atomic mass is 16.3. The number of hydrogen-bond donors (Lipinski definition) is 0. The van der Waals surface area contributed by atoms with Gasteiger partial charge in [0.2, 0.25) is 13.4 Å². The summed E-state index contributed by atoms with van der Waals surface area (Å²) >= 11 is 0. The monoisotopic (exact) mass is 785 g/mol. The molecule has 6 nitrogen and oxygen atoms in total. The number of rotatable bonds is 4. The Hall–Kier alpha value is -7.05. The van der Waals surface area contributed by atoms with Crippen LogP contribution in [0.15, 0.2) is 171 Å². The first-order valence-electron chi connectivity index (χ1n) is 21.1. The first-order chi connectivity index (χ1) is 29.7. The van der Waals surface area contributed by atoms with Crippen molar-refractivity contribution in [1.29, 1.82) is 0 Å². The molecule has 3 aliphatic rings. The zero-order valence-corrected chi connectivity index (χ0v) is 35.0. The summed E-state index contributed by atoms with van der Waals surface area (Å²) in [5.74, 6) is 1.68.